The monoisotopic (exact) mass is 397 g/mol. The van der Waals surface area contributed by atoms with Crippen LogP contribution in [-0.4, -0.2) is 54.7 Å². The molecule has 6 nitrogen and oxygen atoms in total. The van der Waals surface area contributed by atoms with Crippen molar-refractivity contribution in [3.63, 3.8) is 0 Å². The molecular formula is C19H25ClFN3O3. The van der Waals surface area contributed by atoms with Crippen LogP contribution >= 0.6 is 11.6 Å². The van der Waals surface area contributed by atoms with Crippen molar-refractivity contribution in [2.24, 2.45) is 0 Å². The van der Waals surface area contributed by atoms with Gasteiger partial charge in [0.1, 0.15) is 5.82 Å². The molecule has 148 valence electrons. The molecule has 2 aliphatic rings. The Bertz CT molecular complexity index is 689. The van der Waals surface area contributed by atoms with Crippen molar-refractivity contribution in [3.05, 3.63) is 34.6 Å². The van der Waals surface area contributed by atoms with Crippen LogP contribution in [-0.2, 0) is 4.74 Å². The van der Waals surface area contributed by atoms with Crippen LogP contribution in [0.5, 0.6) is 0 Å². The molecular weight excluding hydrogens is 373 g/mol. The van der Waals surface area contributed by atoms with E-state index in [1.165, 1.54) is 12.1 Å². The van der Waals surface area contributed by atoms with Gasteiger partial charge in [-0.2, -0.15) is 0 Å². The molecule has 2 saturated heterocycles. The number of hydrogen-bond donors (Lipinski definition) is 2. The van der Waals surface area contributed by atoms with Crippen LogP contribution in [0.3, 0.4) is 0 Å². The van der Waals surface area contributed by atoms with Gasteiger partial charge in [0.2, 0.25) is 0 Å². The van der Waals surface area contributed by atoms with Crippen molar-refractivity contribution in [1.82, 2.24) is 15.5 Å². The number of ether oxygens (including phenoxy) is 1. The number of piperidine rings is 1. The molecule has 0 spiro atoms. The van der Waals surface area contributed by atoms with E-state index in [1.54, 1.807) is 0 Å². The van der Waals surface area contributed by atoms with Crippen LogP contribution < -0.4 is 10.6 Å². The molecule has 2 aliphatic heterocycles. The lowest BCUT2D eigenvalue weighted by Crippen LogP contribution is -2.52. The lowest BCUT2D eigenvalue weighted by atomic mass is 9.98. The smallest absolute Gasteiger partial charge is 0.410 e. The van der Waals surface area contributed by atoms with E-state index >= 15 is 0 Å². The molecule has 2 amide bonds. The molecule has 1 aromatic carbocycles. The molecule has 2 atom stereocenters. The second-order valence-corrected chi connectivity index (χ2v) is 7.43. The Morgan fingerprint density at radius 3 is 2.59 bits per heavy atom. The molecule has 0 aliphatic carbocycles. The highest BCUT2D eigenvalue weighted by Crippen LogP contribution is 2.36. The molecule has 2 N–H and O–H groups in total. The van der Waals surface area contributed by atoms with Gasteiger partial charge in [-0.05, 0) is 50.8 Å². The standard InChI is InChI=1S/C19H25ClFN3O3/c1-2-27-19(26)24-14-4-5-15(24)11-13(10-14)22-7-8-23-18(25)16-6-3-12(20)9-17(16)21/h3,6,9,13-15,22H,2,4-5,7-8,10-11H2,1H3,(H,23,25). The molecule has 3 rings (SSSR count). The molecule has 27 heavy (non-hydrogen) atoms. The molecule has 0 saturated carbocycles. The second kappa shape index (κ2) is 8.89. The van der Waals surface area contributed by atoms with E-state index in [1.807, 2.05) is 11.8 Å². The highest BCUT2D eigenvalue weighted by Gasteiger charge is 2.43. The normalized spacial score (nSPS) is 24.0. The minimum atomic E-state index is -0.629. The van der Waals surface area contributed by atoms with Gasteiger partial charge in [-0.1, -0.05) is 11.6 Å². The Kier molecular flexibility index (Phi) is 6.55. The van der Waals surface area contributed by atoms with Gasteiger partial charge >= 0.3 is 6.09 Å². The second-order valence-electron chi connectivity index (χ2n) is 6.99. The molecule has 0 radical (unpaired) electrons. The third kappa shape index (κ3) is 4.71. The zero-order valence-corrected chi connectivity index (χ0v) is 16.1. The van der Waals surface area contributed by atoms with E-state index in [0.717, 1.165) is 31.7 Å². The summed E-state index contributed by atoms with van der Waals surface area (Å²) in [5.41, 5.74) is -0.0137. The largest absolute Gasteiger partial charge is 0.450 e. The van der Waals surface area contributed by atoms with Crippen LogP contribution in [0.1, 0.15) is 43.0 Å². The predicted octanol–water partition coefficient (Wildman–Crippen LogP) is 2.95. The lowest BCUT2D eigenvalue weighted by Gasteiger charge is -2.38. The number of nitrogens with zero attached hydrogens (tertiary/aromatic N) is 1. The van der Waals surface area contributed by atoms with Crippen LogP contribution in [0, 0.1) is 5.82 Å². The van der Waals surface area contributed by atoms with E-state index in [4.69, 9.17) is 16.3 Å². The third-order valence-electron chi connectivity index (χ3n) is 5.23. The Labute approximate surface area is 163 Å². The number of hydrogen-bond acceptors (Lipinski definition) is 4. The first-order valence-corrected chi connectivity index (χ1v) is 9.79. The first kappa shape index (κ1) is 19.9. The van der Waals surface area contributed by atoms with Gasteiger partial charge in [0, 0.05) is 36.2 Å². The molecule has 2 bridgehead atoms. The zero-order valence-electron chi connectivity index (χ0n) is 15.3. The van der Waals surface area contributed by atoms with Crippen LogP contribution in [0.15, 0.2) is 18.2 Å². The first-order chi connectivity index (χ1) is 13.0. The highest BCUT2D eigenvalue weighted by atomic mass is 35.5. The van der Waals surface area contributed by atoms with E-state index in [0.29, 0.717) is 25.7 Å². The number of carbonyl (C=O) groups excluding carboxylic acids is 2. The predicted molar refractivity (Wildman–Crippen MR) is 100 cm³/mol. The summed E-state index contributed by atoms with van der Waals surface area (Å²) in [7, 11) is 0. The fourth-order valence-electron chi connectivity index (χ4n) is 4.06. The van der Waals surface area contributed by atoms with Gasteiger partial charge in [0.05, 0.1) is 12.2 Å². The lowest BCUT2D eigenvalue weighted by molar-refractivity contribution is 0.0659. The SMILES string of the molecule is CCOC(=O)N1C2CCC1CC(NCCNC(=O)c1ccc(Cl)cc1F)C2. The van der Waals surface area contributed by atoms with E-state index in [-0.39, 0.29) is 28.8 Å². The molecule has 8 heteroatoms. The van der Waals surface area contributed by atoms with Gasteiger partial charge < -0.3 is 20.3 Å². The molecule has 1 aromatic rings. The average Bonchev–Trinajstić information content (AvgIpc) is 2.89. The number of nitrogens with one attached hydrogen (secondary N) is 2. The summed E-state index contributed by atoms with van der Waals surface area (Å²) in [6.45, 7) is 3.20. The Morgan fingerprint density at radius 2 is 1.96 bits per heavy atom. The van der Waals surface area contributed by atoms with Crippen molar-refractivity contribution in [2.75, 3.05) is 19.7 Å². The fourth-order valence-corrected chi connectivity index (χ4v) is 4.22. The van der Waals surface area contributed by atoms with Gasteiger partial charge in [-0.15, -0.1) is 0 Å². The minimum absolute atomic E-state index is 0.0137. The van der Waals surface area contributed by atoms with Crippen LogP contribution in [0.4, 0.5) is 9.18 Å². The Hall–Kier alpha value is -1.86. The number of benzene rings is 1. The maximum Gasteiger partial charge on any atom is 0.410 e. The quantitative estimate of drug-likeness (QED) is 0.724. The van der Waals surface area contributed by atoms with Gasteiger partial charge in [0.15, 0.2) is 0 Å². The minimum Gasteiger partial charge on any atom is -0.450 e. The highest BCUT2D eigenvalue weighted by molar-refractivity contribution is 6.30. The fraction of sp³-hybridized carbons (Fsp3) is 0.579. The van der Waals surface area contributed by atoms with Crippen molar-refractivity contribution in [2.45, 2.75) is 50.7 Å². The van der Waals surface area contributed by atoms with Crippen LogP contribution in [0.25, 0.3) is 0 Å². The average molecular weight is 398 g/mol. The summed E-state index contributed by atoms with van der Waals surface area (Å²) in [6, 6.07) is 4.74. The number of rotatable bonds is 6. The van der Waals surface area contributed by atoms with Crippen molar-refractivity contribution in [1.29, 1.82) is 0 Å². The molecule has 0 aromatic heterocycles. The van der Waals surface area contributed by atoms with Crippen molar-refractivity contribution >= 4 is 23.6 Å². The Morgan fingerprint density at radius 1 is 1.26 bits per heavy atom. The van der Waals surface area contributed by atoms with Crippen molar-refractivity contribution in [3.8, 4) is 0 Å². The maximum atomic E-state index is 13.7. The van der Waals surface area contributed by atoms with Gasteiger partial charge in [-0.3, -0.25) is 4.79 Å². The van der Waals surface area contributed by atoms with E-state index < -0.39 is 11.7 Å². The summed E-state index contributed by atoms with van der Waals surface area (Å²) in [6.07, 6.45) is 3.58. The first-order valence-electron chi connectivity index (χ1n) is 9.41. The van der Waals surface area contributed by atoms with Crippen molar-refractivity contribution < 1.29 is 18.7 Å². The number of halogens is 2. The topological polar surface area (TPSA) is 70.7 Å². The summed E-state index contributed by atoms with van der Waals surface area (Å²) >= 11 is 5.70. The number of amides is 2. The van der Waals surface area contributed by atoms with Crippen LogP contribution in [0.2, 0.25) is 5.02 Å². The zero-order chi connectivity index (χ0) is 19.4. The summed E-state index contributed by atoms with van der Waals surface area (Å²) < 4.78 is 18.9. The number of fused-ring (bicyclic) bond motifs is 2. The van der Waals surface area contributed by atoms with Gasteiger partial charge in [-0.25, -0.2) is 9.18 Å². The van der Waals surface area contributed by atoms with Gasteiger partial charge in [0.25, 0.3) is 5.91 Å². The third-order valence-corrected chi connectivity index (χ3v) is 5.47. The molecule has 2 fully saturated rings. The summed E-state index contributed by atoms with van der Waals surface area (Å²) in [5, 5.41) is 6.41. The Balaban J connectivity index is 1.42. The maximum absolute atomic E-state index is 13.7. The van der Waals surface area contributed by atoms with E-state index in [2.05, 4.69) is 10.6 Å². The summed E-state index contributed by atoms with van der Waals surface area (Å²) in [5.74, 6) is -1.08. The number of carbonyl (C=O) groups is 2. The summed E-state index contributed by atoms with van der Waals surface area (Å²) in [4.78, 5) is 26.0. The molecule has 2 heterocycles. The van der Waals surface area contributed by atoms with E-state index in [9.17, 15) is 14.0 Å². The molecule has 2 unspecified atom stereocenters.